The van der Waals surface area contributed by atoms with Crippen LogP contribution in [-0.2, 0) is 6.54 Å². The maximum absolute atomic E-state index is 12.0. The summed E-state index contributed by atoms with van der Waals surface area (Å²) in [6.07, 6.45) is 1.42. The average Bonchev–Trinajstić information content (AvgIpc) is 2.85. The molecule has 0 saturated heterocycles. The van der Waals surface area contributed by atoms with Crippen molar-refractivity contribution in [2.45, 2.75) is 6.54 Å². The van der Waals surface area contributed by atoms with Crippen molar-refractivity contribution in [3.63, 3.8) is 0 Å². The maximum atomic E-state index is 12.0. The van der Waals surface area contributed by atoms with Gasteiger partial charge in [0.25, 0.3) is 0 Å². The van der Waals surface area contributed by atoms with E-state index in [1.54, 1.807) is 12.1 Å². The predicted molar refractivity (Wildman–Crippen MR) is 60.9 cm³/mol. The molecular weight excluding hydrogens is 222 g/mol. The summed E-state index contributed by atoms with van der Waals surface area (Å²) in [6.45, 7) is 0.473. The molecule has 0 atom stereocenters. The zero-order valence-corrected chi connectivity index (χ0v) is 9.61. The van der Waals surface area contributed by atoms with Gasteiger partial charge in [-0.1, -0.05) is 0 Å². The molecule has 2 heterocycles. The Bertz CT molecular complexity index is 563. The molecule has 0 saturated carbocycles. The first-order valence-corrected chi connectivity index (χ1v) is 5.12. The van der Waals surface area contributed by atoms with Gasteiger partial charge in [-0.3, -0.25) is 4.79 Å². The Kier molecular flexibility index (Phi) is 2.97. The van der Waals surface area contributed by atoms with Gasteiger partial charge in [0.05, 0.1) is 12.0 Å². The second-order valence-corrected chi connectivity index (χ2v) is 3.98. The van der Waals surface area contributed by atoms with E-state index in [1.807, 2.05) is 19.0 Å². The van der Waals surface area contributed by atoms with Crippen LogP contribution in [0.5, 0.6) is 0 Å². The second kappa shape index (κ2) is 4.42. The van der Waals surface area contributed by atoms with E-state index < -0.39 is 5.69 Å². The van der Waals surface area contributed by atoms with Crippen molar-refractivity contribution in [3.8, 4) is 0 Å². The van der Waals surface area contributed by atoms with Gasteiger partial charge in [-0.15, -0.1) is 0 Å². The number of aromatic nitrogens is 2. The molecule has 0 aromatic carbocycles. The highest BCUT2D eigenvalue weighted by Gasteiger charge is 2.19. The number of furan rings is 1. The molecule has 0 amide bonds. The highest BCUT2D eigenvalue weighted by Crippen LogP contribution is 2.11. The Balaban J connectivity index is 2.38. The number of imidazole rings is 1. The van der Waals surface area contributed by atoms with Crippen molar-refractivity contribution in [2.75, 3.05) is 14.1 Å². The third-order valence-corrected chi connectivity index (χ3v) is 2.25. The predicted octanol–water partition coefficient (Wildman–Crippen LogP) is 0.589. The van der Waals surface area contributed by atoms with Crippen molar-refractivity contribution in [1.82, 2.24) is 14.9 Å². The van der Waals surface area contributed by atoms with E-state index in [-0.39, 0.29) is 17.2 Å². The molecule has 6 nitrogen and oxygen atoms in total. The number of hydrogen-bond acceptors (Lipinski definition) is 4. The fourth-order valence-electron chi connectivity index (χ4n) is 1.58. The molecule has 0 radical (unpaired) electrons. The zero-order valence-electron chi connectivity index (χ0n) is 9.61. The summed E-state index contributed by atoms with van der Waals surface area (Å²) in [5.41, 5.74) is 0.414. The Hall–Kier alpha value is -2.08. The largest absolute Gasteiger partial charge is 0.461 e. The van der Waals surface area contributed by atoms with E-state index >= 15 is 0 Å². The highest BCUT2D eigenvalue weighted by atomic mass is 16.3. The van der Waals surface area contributed by atoms with E-state index in [4.69, 9.17) is 4.42 Å². The number of nitrogens with one attached hydrogen (secondary N) is 2. The van der Waals surface area contributed by atoms with Gasteiger partial charge < -0.3 is 19.3 Å². The second-order valence-electron chi connectivity index (χ2n) is 3.98. The normalized spacial score (nSPS) is 11.0. The minimum Gasteiger partial charge on any atom is -0.461 e. The molecule has 0 aliphatic heterocycles. The number of H-pyrrole nitrogens is 2. The summed E-state index contributed by atoms with van der Waals surface area (Å²) in [7, 11) is 3.71. The third kappa shape index (κ3) is 2.36. The SMILES string of the molecule is CN(C)Cc1[nH]c(=O)[nH]c1C(=O)c1ccco1. The van der Waals surface area contributed by atoms with Crippen molar-refractivity contribution in [1.29, 1.82) is 0 Å². The molecule has 0 aliphatic carbocycles. The molecule has 2 aromatic heterocycles. The average molecular weight is 235 g/mol. The summed E-state index contributed by atoms with van der Waals surface area (Å²) in [6, 6.07) is 3.19. The topological polar surface area (TPSA) is 82.1 Å². The lowest BCUT2D eigenvalue weighted by atomic mass is 10.2. The van der Waals surface area contributed by atoms with Crippen LogP contribution in [0.2, 0.25) is 0 Å². The van der Waals surface area contributed by atoms with Crippen LogP contribution >= 0.6 is 0 Å². The Labute approximate surface area is 97.3 Å². The maximum Gasteiger partial charge on any atom is 0.323 e. The molecule has 0 spiro atoms. The van der Waals surface area contributed by atoms with Gasteiger partial charge in [0.2, 0.25) is 5.78 Å². The van der Waals surface area contributed by atoms with Gasteiger partial charge in [-0.25, -0.2) is 4.79 Å². The summed E-state index contributed by atoms with van der Waals surface area (Å²) >= 11 is 0. The molecule has 0 unspecified atom stereocenters. The Morgan fingerprint density at radius 2 is 2.18 bits per heavy atom. The number of rotatable bonds is 4. The van der Waals surface area contributed by atoms with Crippen molar-refractivity contribution in [2.24, 2.45) is 0 Å². The molecule has 0 fully saturated rings. The lowest BCUT2D eigenvalue weighted by Gasteiger charge is -2.08. The third-order valence-electron chi connectivity index (χ3n) is 2.25. The Morgan fingerprint density at radius 1 is 1.41 bits per heavy atom. The standard InChI is InChI=1S/C11H13N3O3/c1-14(2)6-7-9(13-11(16)12-7)10(15)8-4-3-5-17-8/h3-5H,6H2,1-2H3,(H2,12,13,16). The van der Waals surface area contributed by atoms with E-state index in [0.717, 1.165) is 0 Å². The lowest BCUT2D eigenvalue weighted by molar-refractivity contribution is 0.100. The number of hydrogen-bond donors (Lipinski definition) is 2. The summed E-state index contributed by atoms with van der Waals surface area (Å²) in [4.78, 5) is 30.2. The van der Waals surface area contributed by atoms with Crippen LogP contribution in [0.15, 0.2) is 27.6 Å². The van der Waals surface area contributed by atoms with E-state index in [0.29, 0.717) is 12.2 Å². The molecule has 2 aromatic rings. The smallest absolute Gasteiger partial charge is 0.323 e. The van der Waals surface area contributed by atoms with Crippen molar-refractivity contribution in [3.05, 3.63) is 46.0 Å². The molecular formula is C11H13N3O3. The Morgan fingerprint density at radius 3 is 2.76 bits per heavy atom. The van der Waals surface area contributed by atoms with Crippen LogP contribution in [0, 0.1) is 0 Å². The molecule has 6 heteroatoms. The molecule has 2 rings (SSSR count). The molecule has 2 N–H and O–H groups in total. The first-order chi connectivity index (χ1) is 8.08. The quantitative estimate of drug-likeness (QED) is 0.760. The molecule has 90 valence electrons. The number of carbonyl (C=O) groups excluding carboxylic acids is 1. The lowest BCUT2D eigenvalue weighted by Crippen LogP contribution is -2.14. The number of ketones is 1. The van der Waals surface area contributed by atoms with E-state index in [1.165, 1.54) is 6.26 Å². The van der Waals surface area contributed by atoms with Gasteiger partial charge in [-0.2, -0.15) is 0 Å². The van der Waals surface area contributed by atoms with E-state index in [2.05, 4.69) is 9.97 Å². The van der Waals surface area contributed by atoms with Gasteiger partial charge in [-0.05, 0) is 26.2 Å². The van der Waals surface area contributed by atoms with Gasteiger partial charge in [0, 0.05) is 6.54 Å². The van der Waals surface area contributed by atoms with Gasteiger partial charge in [0.15, 0.2) is 5.76 Å². The van der Waals surface area contributed by atoms with Crippen LogP contribution in [0.4, 0.5) is 0 Å². The minimum atomic E-state index is -0.392. The fourth-order valence-corrected chi connectivity index (χ4v) is 1.58. The van der Waals surface area contributed by atoms with Gasteiger partial charge in [0.1, 0.15) is 5.69 Å². The van der Waals surface area contributed by atoms with Crippen LogP contribution in [0.25, 0.3) is 0 Å². The van der Waals surface area contributed by atoms with Gasteiger partial charge >= 0.3 is 5.69 Å². The molecule has 0 bridgehead atoms. The number of nitrogens with zero attached hydrogens (tertiary/aromatic N) is 1. The summed E-state index contributed by atoms with van der Waals surface area (Å²) in [5, 5.41) is 0. The monoisotopic (exact) mass is 235 g/mol. The summed E-state index contributed by atoms with van der Waals surface area (Å²) < 4.78 is 5.02. The summed E-state index contributed by atoms with van der Waals surface area (Å²) in [5.74, 6) is -0.120. The van der Waals surface area contributed by atoms with Crippen LogP contribution < -0.4 is 5.69 Å². The zero-order chi connectivity index (χ0) is 12.4. The van der Waals surface area contributed by atoms with Crippen molar-refractivity contribution < 1.29 is 9.21 Å². The molecule has 17 heavy (non-hydrogen) atoms. The van der Waals surface area contributed by atoms with Crippen molar-refractivity contribution >= 4 is 5.78 Å². The van der Waals surface area contributed by atoms with Crippen LogP contribution in [-0.4, -0.2) is 34.7 Å². The molecule has 0 aliphatic rings. The van der Waals surface area contributed by atoms with Crippen LogP contribution in [0.1, 0.15) is 21.9 Å². The number of carbonyl (C=O) groups is 1. The van der Waals surface area contributed by atoms with Crippen LogP contribution in [0.3, 0.4) is 0 Å². The fraction of sp³-hybridized carbons (Fsp3) is 0.273. The number of aromatic amines is 2. The highest BCUT2D eigenvalue weighted by molar-refractivity contribution is 6.06. The first kappa shape index (κ1) is 11.4. The minimum absolute atomic E-state index is 0.209. The first-order valence-electron chi connectivity index (χ1n) is 5.12. The van der Waals surface area contributed by atoms with E-state index in [9.17, 15) is 9.59 Å².